The smallest absolute Gasteiger partial charge is 0.323 e. The van der Waals surface area contributed by atoms with Crippen LogP contribution in [-0.2, 0) is 4.79 Å². The quantitative estimate of drug-likeness (QED) is 0.896. The third kappa shape index (κ3) is 4.61. The van der Waals surface area contributed by atoms with Crippen molar-refractivity contribution in [2.45, 2.75) is 19.9 Å². The van der Waals surface area contributed by atoms with Gasteiger partial charge in [-0.2, -0.15) is 0 Å². The summed E-state index contributed by atoms with van der Waals surface area (Å²) in [6.45, 7) is 3.06. The lowest BCUT2D eigenvalue weighted by Gasteiger charge is -2.25. The van der Waals surface area contributed by atoms with Gasteiger partial charge in [0, 0.05) is 11.1 Å². The molecular formula is C12H14Cl2N2O3. The number of nitrogens with one attached hydrogen (secondary N) is 1. The SMILES string of the molecule is CC(C)N(CC(=O)O)C(=O)Nc1cc(Cl)ccc1Cl. The molecule has 0 fully saturated rings. The van der Waals surface area contributed by atoms with Gasteiger partial charge in [0.25, 0.3) is 0 Å². The Morgan fingerprint density at radius 2 is 2.00 bits per heavy atom. The van der Waals surface area contributed by atoms with Gasteiger partial charge >= 0.3 is 12.0 Å². The number of hydrogen-bond acceptors (Lipinski definition) is 2. The lowest BCUT2D eigenvalue weighted by Crippen LogP contribution is -2.43. The topological polar surface area (TPSA) is 69.6 Å². The second-order valence-electron chi connectivity index (χ2n) is 4.17. The molecule has 2 amide bonds. The van der Waals surface area contributed by atoms with Crippen molar-refractivity contribution >= 4 is 40.9 Å². The fourth-order valence-corrected chi connectivity index (χ4v) is 1.75. The Hall–Kier alpha value is -1.46. The van der Waals surface area contributed by atoms with E-state index in [0.29, 0.717) is 15.7 Å². The average molecular weight is 305 g/mol. The zero-order valence-electron chi connectivity index (χ0n) is 10.5. The van der Waals surface area contributed by atoms with Crippen molar-refractivity contribution < 1.29 is 14.7 Å². The van der Waals surface area contributed by atoms with Crippen LogP contribution in [-0.4, -0.2) is 34.6 Å². The van der Waals surface area contributed by atoms with Gasteiger partial charge in [0.1, 0.15) is 6.54 Å². The summed E-state index contributed by atoms with van der Waals surface area (Å²) < 4.78 is 0. The molecule has 104 valence electrons. The Bertz CT molecular complexity index is 492. The highest BCUT2D eigenvalue weighted by Crippen LogP contribution is 2.25. The van der Waals surface area contributed by atoms with Gasteiger partial charge in [-0.3, -0.25) is 4.79 Å². The molecule has 0 saturated carbocycles. The summed E-state index contributed by atoms with van der Waals surface area (Å²) in [5.74, 6) is -1.08. The zero-order chi connectivity index (χ0) is 14.6. The maximum atomic E-state index is 12.0. The Labute approximate surface area is 121 Å². The minimum Gasteiger partial charge on any atom is -0.480 e. The molecule has 0 radical (unpaired) electrons. The van der Waals surface area contributed by atoms with Gasteiger partial charge in [0.05, 0.1) is 10.7 Å². The third-order valence-corrected chi connectivity index (χ3v) is 2.92. The van der Waals surface area contributed by atoms with Crippen molar-refractivity contribution in [3.8, 4) is 0 Å². The van der Waals surface area contributed by atoms with E-state index in [4.69, 9.17) is 28.3 Å². The number of carbonyl (C=O) groups excluding carboxylic acids is 1. The molecule has 0 spiro atoms. The lowest BCUT2D eigenvalue weighted by molar-refractivity contribution is -0.137. The lowest BCUT2D eigenvalue weighted by atomic mass is 10.3. The molecule has 2 N–H and O–H groups in total. The van der Waals surface area contributed by atoms with Crippen LogP contribution < -0.4 is 5.32 Å². The highest BCUT2D eigenvalue weighted by atomic mass is 35.5. The number of nitrogens with zero attached hydrogens (tertiary/aromatic N) is 1. The monoisotopic (exact) mass is 304 g/mol. The standard InChI is InChI=1S/C12H14Cl2N2O3/c1-7(2)16(6-11(17)18)12(19)15-10-5-8(13)3-4-9(10)14/h3-5,7H,6H2,1-2H3,(H,15,19)(H,17,18). The maximum Gasteiger partial charge on any atom is 0.323 e. The van der Waals surface area contributed by atoms with Crippen molar-refractivity contribution in [2.24, 2.45) is 0 Å². The Morgan fingerprint density at radius 1 is 1.37 bits per heavy atom. The number of halogens is 2. The van der Waals surface area contributed by atoms with Crippen molar-refractivity contribution in [1.82, 2.24) is 4.90 Å². The first-order chi connectivity index (χ1) is 8.81. The fraction of sp³-hybridized carbons (Fsp3) is 0.333. The number of benzene rings is 1. The van der Waals surface area contributed by atoms with Gasteiger partial charge in [-0.05, 0) is 32.0 Å². The number of urea groups is 1. The van der Waals surface area contributed by atoms with Crippen molar-refractivity contribution in [3.63, 3.8) is 0 Å². The van der Waals surface area contributed by atoms with Crippen LogP contribution in [0.3, 0.4) is 0 Å². The molecule has 0 aliphatic heterocycles. The molecular weight excluding hydrogens is 291 g/mol. The number of carboxylic acids is 1. The number of hydrogen-bond donors (Lipinski definition) is 2. The second kappa shape index (κ2) is 6.63. The number of carboxylic acid groups (broad SMARTS) is 1. The minimum absolute atomic E-state index is 0.256. The summed E-state index contributed by atoms with van der Waals surface area (Å²) in [5, 5.41) is 12.1. The Balaban J connectivity index is 2.87. The molecule has 0 aliphatic carbocycles. The first-order valence-electron chi connectivity index (χ1n) is 5.55. The van der Waals surface area contributed by atoms with Gasteiger partial charge in [0.15, 0.2) is 0 Å². The van der Waals surface area contributed by atoms with E-state index in [2.05, 4.69) is 5.32 Å². The summed E-state index contributed by atoms with van der Waals surface area (Å²) in [4.78, 5) is 23.9. The van der Waals surface area contributed by atoms with Crippen LogP contribution in [0.2, 0.25) is 10.0 Å². The Morgan fingerprint density at radius 3 is 2.53 bits per heavy atom. The van der Waals surface area contributed by atoms with Gasteiger partial charge in [-0.15, -0.1) is 0 Å². The summed E-state index contributed by atoms with van der Waals surface area (Å²) >= 11 is 11.7. The van der Waals surface area contributed by atoms with Gasteiger partial charge in [-0.1, -0.05) is 23.2 Å². The number of rotatable bonds is 4. The van der Waals surface area contributed by atoms with E-state index >= 15 is 0 Å². The van der Waals surface area contributed by atoms with E-state index in [0.717, 1.165) is 0 Å². The summed E-state index contributed by atoms with van der Waals surface area (Å²) in [5.41, 5.74) is 0.343. The molecule has 1 aromatic rings. The van der Waals surface area contributed by atoms with E-state index in [-0.39, 0.29) is 12.6 Å². The first kappa shape index (κ1) is 15.6. The molecule has 19 heavy (non-hydrogen) atoms. The van der Waals surface area contributed by atoms with Crippen LogP contribution in [0, 0.1) is 0 Å². The van der Waals surface area contributed by atoms with E-state index < -0.39 is 12.0 Å². The number of carbonyl (C=O) groups is 2. The van der Waals surface area contributed by atoms with Crippen molar-refractivity contribution in [3.05, 3.63) is 28.2 Å². The summed E-state index contributed by atoms with van der Waals surface area (Å²) in [7, 11) is 0. The van der Waals surface area contributed by atoms with E-state index in [9.17, 15) is 9.59 Å². The van der Waals surface area contributed by atoms with Crippen LogP contribution in [0.25, 0.3) is 0 Å². The van der Waals surface area contributed by atoms with E-state index in [1.54, 1.807) is 26.0 Å². The summed E-state index contributed by atoms with van der Waals surface area (Å²) in [6.07, 6.45) is 0. The molecule has 7 heteroatoms. The first-order valence-corrected chi connectivity index (χ1v) is 6.31. The molecule has 0 saturated heterocycles. The normalized spacial score (nSPS) is 10.4. The molecule has 5 nitrogen and oxygen atoms in total. The summed E-state index contributed by atoms with van der Waals surface area (Å²) in [6, 6.07) is 3.85. The molecule has 0 unspecified atom stereocenters. The molecule has 0 bridgehead atoms. The van der Waals surface area contributed by atoms with E-state index in [1.807, 2.05) is 0 Å². The van der Waals surface area contributed by atoms with Crippen LogP contribution in [0.4, 0.5) is 10.5 Å². The van der Waals surface area contributed by atoms with Crippen LogP contribution in [0.5, 0.6) is 0 Å². The molecule has 0 aromatic heterocycles. The second-order valence-corrected chi connectivity index (χ2v) is 5.01. The predicted octanol–water partition coefficient (Wildman–Crippen LogP) is 3.32. The predicted molar refractivity (Wildman–Crippen MR) is 75.0 cm³/mol. The number of amides is 2. The van der Waals surface area contributed by atoms with Gasteiger partial charge in [0.2, 0.25) is 0 Å². The highest BCUT2D eigenvalue weighted by Gasteiger charge is 2.20. The maximum absolute atomic E-state index is 12.0. The van der Waals surface area contributed by atoms with Crippen LogP contribution >= 0.6 is 23.2 Å². The average Bonchev–Trinajstić information content (AvgIpc) is 2.30. The molecule has 1 aromatic carbocycles. The van der Waals surface area contributed by atoms with Crippen molar-refractivity contribution in [2.75, 3.05) is 11.9 Å². The molecule has 0 atom stereocenters. The van der Waals surface area contributed by atoms with E-state index in [1.165, 1.54) is 11.0 Å². The van der Waals surface area contributed by atoms with Gasteiger partial charge < -0.3 is 15.3 Å². The largest absolute Gasteiger partial charge is 0.480 e. The molecule has 1 rings (SSSR count). The molecule has 0 aliphatic rings. The third-order valence-electron chi connectivity index (χ3n) is 2.36. The van der Waals surface area contributed by atoms with Crippen molar-refractivity contribution in [1.29, 1.82) is 0 Å². The van der Waals surface area contributed by atoms with Crippen LogP contribution in [0.1, 0.15) is 13.8 Å². The minimum atomic E-state index is -1.08. The fourth-order valence-electron chi connectivity index (χ4n) is 1.41. The number of aliphatic carboxylic acids is 1. The number of anilines is 1. The highest BCUT2D eigenvalue weighted by molar-refractivity contribution is 6.35. The Kier molecular flexibility index (Phi) is 5.44. The molecule has 0 heterocycles. The zero-order valence-corrected chi connectivity index (χ0v) is 12.0. The van der Waals surface area contributed by atoms with Crippen LogP contribution in [0.15, 0.2) is 18.2 Å². The van der Waals surface area contributed by atoms with Gasteiger partial charge in [-0.25, -0.2) is 4.79 Å².